The summed E-state index contributed by atoms with van der Waals surface area (Å²) in [6, 6.07) is 12.3. The summed E-state index contributed by atoms with van der Waals surface area (Å²) in [5.74, 6) is 0.0132. The summed E-state index contributed by atoms with van der Waals surface area (Å²) in [7, 11) is -0.612. The first-order valence-electron chi connectivity index (χ1n) is 9.50. The Balaban J connectivity index is 1.63. The molecule has 0 bridgehead atoms. The number of fused-ring (bicyclic) bond motifs is 2. The molecule has 0 amide bonds. The zero-order valence-corrected chi connectivity index (χ0v) is 19.5. The van der Waals surface area contributed by atoms with Crippen molar-refractivity contribution >= 4 is 60.0 Å². The molecule has 0 spiro atoms. The van der Waals surface area contributed by atoms with Crippen molar-refractivity contribution in [3.8, 4) is 0 Å². The van der Waals surface area contributed by atoms with E-state index >= 15 is 0 Å². The molecule has 0 unspecified atom stereocenters. The molecular formula is C21H20ClN3O4S2. The fourth-order valence-electron chi connectivity index (χ4n) is 3.33. The highest BCUT2D eigenvalue weighted by molar-refractivity contribution is 7.89. The number of hydrogen-bond donors (Lipinski definition) is 0. The summed E-state index contributed by atoms with van der Waals surface area (Å²) < 4.78 is 34.3. The van der Waals surface area contributed by atoms with Crippen molar-refractivity contribution in [1.82, 2.24) is 13.9 Å². The first-order chi connectivity index (χ1) is 14.7. The van der Waals surface area contributed by atoms with Gasteiger partial charge in [-0.15, -0.1) is 11.3 Å². The molecule has 4 aromatic rings. The first-order valence-corrected chi connectivity index (χ1v) is 12.1. The largest absolute Gasteiger partial charge is 0.453 e. The van der Waals surface area contributed by atoms with E-state index in [2.05, 4.69) is 4.98 Å². The second-order valence-corrected chi connectivity index (χ2v) is 10.6. The number of imidazole rings is 1. The van der Waals surface area contributed by atoms with Gasteiger partial charge in [0.25, 0.3) is 0 Å². The van der Waals surface area contributed by atoms with Crippen LogP contribution in [0, 0.1) is 0 Å². The molecule has 2 aromatic heterocycles. The van der Waals surface area contributed by atoms with E-state index in [1.54, 1.807) is 12.1 Å². The molecule has 2 heterocycles. The minimum absolute atomic E-state index is 0.0539. The topological polar surface area (TPSA) is 81.5 Å². The molecule has 2 aromatic carbocycles. The van der Waals surface area contributed by atoms with E-state index < -0.39 is 16.0 Å². The average molecular weight is 478 g/mol. The number of ether oxygens (including phenoxy) is 1. The molecule has 0 atom stereocenters. The summed E-state index contributed by atoms with van der Waals surface area (Å²) in [6.45, 7) is 2.48. The number of aromatic nitrogens is 2. The number of carbonyl (C=O) groups excluding carboxylic acids is 1. The van der Waals surface area contributed by atoms with Crippen molar-refractivity contribution < 1.29 is 17.9 Å². The molecule has 0 saturated heterocycles. The molecule has 10 heteroatoms. The van der Waals surface area contributed by atoms with Crippen LogP contribution in [0.1, 0.15) is 22.4 Å². The van der Waals surface area contributed by atoms with Crippen molar-refractivity contribution in [2.75, 3.05) is 14.1 Å². The number of benzene rings is 2. The maximum Gasteiger partial charge on any atom is 0.350 e. The number of halogens is 1. The fraction of sp³-hybridized carbons (Fsp3) is 0.238. The number of hydrogen-bond acceptors (Lipinski definition) is 6. The van der Waals surface area contributed by atoms with E-state index in [0.29, 0.717) is 27.8 Å². The van der Waals surface area contributed by atoms with Gasteiger partial charge in [-0.25, -0.2) is 22.5 Å². The van der Waals surface area contributed by atoms with E-state index in [0.717, 1.165) is 19.9 Å². The van der Waals surface area contributed by atoms with Crippen LogP contribution in [0.5, 0.6) is 0 Å². The molecule has 0 aliphatic heterocycles. The summed E-state index contributed by atoms with van der Waals surface area (Å²) in [4.78, 5) is 17.7. The monoisotopic (exact) mass is 477 g/mol. The molecule has 0 saturated carbocycles. The van der Waals surface area contributed by atoms with Gasteiger partial charge in [-0.05, 0) is 31.2 Å². The molecule has 31 heavy (non-hydrogen) atoms. The molecule has 0 aliphatic rings. The summed E-state index contributed by atoms with van der Waals surface area (Å²) >= 11 is 7.65. The minimum Gasteiger partial charge on any atom is -0.453 e. The maximum atomic E-state index is 12.7. The van der Waals surface area contributed by atoms with Crippen LogP contribution in [-0.2, 0) is 27.9 Å². The molecule has 0 aliphatic carbocycles. The third-order valence-corrected chi connectivity index (χ3v) is 8.41. The Labute approximate surface area is 188 Å². The van der Waals surface area contributed by atoms with Crippen molar-refractivity contribution in [2.24, 2.45) is 0 Å². The first kappa shape index (κ1) is 21.8. The molecular weight excluding hydrogens is 458 g/mol. The van der Waals surface area contributed by atoms with Gasteiger partial charge in [0.1, 0.15) is 17.3 Å². The Morgan fingerprint density at radius 2 is 1.97 bits per heavy atom. The van der Waals surface area contributed by atoms with Gasteiger partial charge < -0.3 is 9.30 Å². The Bertz CT molecular complexity index is 1410. The lowest BCUT2D eigenvalue weighted by atomic mass is 10.2. The van der Waals surface area contributed by atoms with Gasteiger partial charge in [-0.2, -0.15) is 0 Å². The fourth-order valence-corrected chi connectivity index (χ4v) is 5.66. The van der Waals surface area contributed by atoms with Crippen LogP contribution in [0.2, 0.25) is 5.02 Å². The Morgan fingerprint density at radius 1 is 1.23 bits per heavy atom. The van der Waals surface area contributed by atoms with Gasteiger partial charge in [0.05, 0.1) is 21.0 Å². The molecule has 0 fully saturated rings. The zero-order valence-electron chi connectivity index (χ0n) is 17.1. The van der Waals surface area contributed by atoms with Crippen LogP contribution in [0.25, 0.3) is 21.1 Å². The SMILES string of the molecule is CCn1c(COC(=O)c2sc3ccccc3c2Cl)nc2cc(S(=O)(=O)N(C)C)ccc21. The number of esters is 1. The van der Waals surface area contributed by atoms with Crippen molar-refractivity contribution in [2.45, 2.75) is 25.0 Å². The highest BCUT2D eigenvalue weighted by Crippen LogP contribution is 2.35. The number of rotatable bonds is 6. The summed E-state index contributed by atoms with van der Waals surface area (Å²) in [5, 5.41) is 1.20. The van der Waals surface area contributed by atoms with Crippen molar-refractivity contribution in [1.29, 1.82) is 0 Å². The van der Waals surface area contributed by atoms with E-state index in [-0.39, 0.29) is 11.5 Å². The van der Waals surface area contributed by atoms with E-state index in [1.165, 1.54) is 31.5 Å². The lowest BCUT2D eigenvalue weighted by molar-refractivity contribution is 0.0465. The smallest absolute Gasteiger partial charge is 0.350 e. The Morgan fingerprint density at radius 3 is 2.65 bits per heavy atom. The molecule has 4 rings (SSSR count). The van der Waals surface area contributed by atoms with Gasteiger partial charge in [0, 0.05) is 30.7 Å². The van der Waals surface area contributed by atoms with Crippen molar-refractivity contribution in [3.05, 3.63) is 58.2 Å². The Kier molecular flexibility index (Phi) is 5.78. The minimum atomic E-state index is -3.57. The summed E-state index contributed by atoms with van der Waals surface area (Å²) in [6.07, 6.45) is 0. The zero-order chi connectivity index (χ0) is 22.3. The highest BCUT2D eigenvalue weighted by atomic mass is 35.5. The predicted molar refractivity (Wildman–Crippen MR) is 122 cm³/mol. The average Bonchev–Trinajstić information content (AvgIpc) is 3.28. The molecule has 7 nitrogen and oxygen atoms in total. The van der Waals surface area contributed by atoms with Crippen LogP contribution in [0.4, 0.5) is 0 Å². The number of aryl methyl sites for hydroxylation is 1. The standard InChI is InChI=1S/C21H20ClN3O4S2/c1-4-25-16-10-9-13(31(27,28)24(2)3)11-15(16)23-18(25)12-29-21(26)20-19(22)14-7-5-6-8-17(14)30-20/h5-11H,4,12H2,1-3H3. The van der Waals surface area contributed by atoms with Gasteiger partial charge >= 0.3 is 5.97 Å². The number of nitrogens with zero attached hydrogens (tertiary/aromatic N) is 3. The van der Waals surface area contributed by atoms with Gasteiger partial charge in [-0.1, -0.05) is 29.8 Å². The van der Waals surface area contributed by atoms with Gasteiger partial charge in [0.2, 0.25) is 10.0 Å². The van der Waals surface area contributed by atoms with Crippen LogP contribution >= 0.6 is 22.9 Å². The van der Waals surface area contributed by atoms with Crippen LogP contribution in [-0.4, -0.2) is 42.3 Å². The summed E-state index contributed by atoms with van der Waals surface area (Å²) in [5.41, 5.74) is 1.29. The number of sulfonamides is 1. The predicted octanol–water partition coefficient (Wildman–Crippen LogP) is 4.53. The van der Waals surface area contributed by atoms with Crippen LogP contribution < -0.4 is 0 Å². The van der Waals surface area contributed by atoms with E-state index in [4.69, 9.17) is 16.3 Å². The van der Waals surface area contributed by atoms with Gasteiger partial charge in [-0.3, -0.25) is 0 Å². The number of thiophene rings is 1. The Hall–Kier alpha value is -2.46. The van der Waals surface area contributed by atoms with E-state index in [9.17, 15) is 13.2 Å². The second kappa shape index (κ2) is 8.23. The lowest BCUT2D eigenvalue weighted by Gasteiger charge is -2.11. The maximum absolute atomic E-state index is 12.7. The number of carbonyl (C=O) groups is 1. The van der Waals surface area contributed by atoms with Crippen LogP contribution in [0.15, 0.2) is 47.4 Å². The van der Waals surface area contributed by atoms with Crippen molar-refractivity contribution in [3.63, 3.8) is 0 Å². The quantitative estimate of drug-likeness (QED) is 0.381. The van der Waals surface area contributed by atoms with Crippen LogP contribution in [0.3, 0.4) is 0 Å². The molecule has 0 N–H and O–H groups in total. The third-order valence-electron chi connectivity index (χ3n) is 4.95. The normalized spacial score (nSPS) is 12.2. The second-order valence-electron chi connectivity index (χ2n) is 7.03. The van der Waals surface area contributed by atoms with Gasteiger partial charge in [0.15, 0.2) is 0 Å². The van der Waals surface area contributed by atoms with E-state index in [1.807, 2.05) is 35.8 Å². The highest BCUT2D eigenvalue weighted by Gasteiger charge is 2.21. The molecule has 162 valence electrons. The third kappa shape index (κ3) is 3.82. The molecule has 0 radical (unpaired) electrons. The lowest BCUT2D eigenvalue weighted by Crippen LogP contribution is -2.22.